The lowest BCUT2D eigenvalue weighted by atomic mass is 10.2. The van der Waals surface area contributed by atoms with Crippen molar-refractivity contribution in [3.8, 4) is 0 Å². The van der Waals surface area contributed by atoms with Crippen LogP contribution in [0.4, 0.5) is 11.4 Å². The van der Waals surface area contributed by atoms with Gasteiger partial charge in [-0.05, 0) is 25.1 Å². The molecule has 8 nitrogen and oxygen atoms in total. The van der Waals surface area contributed by atoms with E-state index >= 15 is 0 Å². The van der Waals surface area contributed by atoms with Crippen LogP contribution in [-0.2, 0) is 20.9 Å². The molecule has 2 aliphatic heterocycles. The largest absolute Gasteiger partial charge is 0.379 e. The Kier molecular flexibility index (Phi) is 6.26. The second kappa shape index (κ2) is 9.46. The van der Waals surface area contributed by atoms with Crippen molar-refractivity contribution in [3.05, 3.63) is 54.4 Å². The van der Waals surface area contributed by atoms with Crippen LogP contribution >= 0.6 is 11.8 Å². The van der Waals surface area contributed by atoms with Gasteiger partial charge >= 0.3 is 0 Å². The molecule has 1 fully saturated rings. The summed E-state index contributed by atoms with van der Waals surface area (Å²) < 4.78 is 5.44. The molecule has 3 heterocycles. The van der Waals surface area contributed by atoms with Gasteiger partial charge in [-0.25, -0.2) is 9.97 Å². The summed E-state index contributed by atoms with van der Waals surface area (Å²) in [4.78, 5) is 39.0. The number of fused-ring (bicyclic) bond motifs is 2. The summed E-state index contributed by atoms with van der Waals surface area (Å²) in [7, 11) is 0. The standard InChI is InChI=1S/C24H25N5O3S/c1-16(24(31)29-15-22(30)26-19-8-4-5-9-20(19)29)33-23-17-6-2-3-7-18(17)25-21(27-23)14-28-10-12-32-13-11-28/h2-9,16H,10-15H2,1H3,(H,26,30). The van der Waals surface area contributed by atoms with E-state index in [0.29, 0.717) is 25.4 Å². The molecule has 0 aliphatic carbocycles. The van der Waals surface area contributed by atoms with E-state index in [0.717, 1.165) is 40.5 Å². The van der Waals surface area contributed by atoms with Crippen molar-refractivity contribution in [1.29, 1.82) is 0 Å². The number of benzene rings is 2. The maximum absolute atomic E-state index is 13.4. The second-order valence-corrected chi connectivity index (χ2v) is 9.43. The minimum absolute atomic E-state index is 0.00749. The molecule has 1 saturated heterocycles. The predicted molar refractivity (Wildman–Crippen MR) is 128 cm³/mol. The van der Waals surface area contributed by atoms with Gasteiger partial charge < -0.3 is 10.1 Å². The molecule has 170 valence electrons. The smallest absolute Gasteiger partial charge is 0.244 e. The topological polar surface area (TPSA) is 87.7 Å². The average Bonchev–Trinajstić information content (AvgIpc) is 2.83. The Morgan fingerprint density at radius 1 is 1.12 bits per heavy atom. The number of nitrogens with zero attached hydrogens (tertiary/aromatic N) is 4. The van der Waals surface area contributed by atoms with Gasteiger partial charge in [0, 0.05) is 18.5 Å². The lowest BCUT2D eigenvalue weighted by Gasteiger charge is -2.31. The first-order chi connectivity index (χ1) is 16.1. The molecule has 0 bridgehead atoms. The first-order valence-electron chi connectivity index (χ1n) is 11.0. The third kappa shape index (κ3) is 4.71. The Labute approximate surface area is 196 Å². The van der Waals surface area contributed by atoms with Gasteiger partial charge in [0.1, 0.15) is 17.4 Å². The zero-order chi connectivity index (χ0) is 22.8. The van der Waals surface area contributed by atoms with Crippen LogP contribution in [0.5, 0.6) is 0 Å². The molecule has 1 unspecified atom stereocenters. The number of amides is 2. The fourth-order valence-corrected chi connectivity index (χ4v) is 5.10. The van der Waals surface area contributed by atoms with E-state index in [-0.39, 0.29) is 18.4 Å². The average molecular weight is 464 g/mol. The maximum atomic E-state index is 13.4. The number of carbonyl (C=O) groups is 2. The first kappa shape index (κ1) is 21.8. The highest BCUT2D eigenvalue weighted by Gasteiger charge is 2.30. The highest BCUT2D eigenvalue weighted by molar-refractivity contribution is 8.00. The second-order valence-electron chi connectivity index (χ2n) is 8.10. The number of rotatable bonds is 5. The zero-order valence-electron chi connectivity index (χ0n) is 18.4. The highest BCUT2D eigenvalue weighted by atomic mass is 32.2. The number of ether oxygens (including phenoxy) is 1. The first-order valence-corrected chi connectivity index (χ1v) is 11.9. The summed E-state index contributed by atoms with van der Waals surface area (Å²) in [6.07, 6.45) is 0. The number of carbonyl (C=O) groups excluding carboxylic acids is 2. The molecule has 3 aromatic rings. The van der Waals surface area contributed by atoms with Gasteiger partial charge in [-0.2, -0.15) is 0 Å². The number of nitrogens with one attached hydrogen (secondary N) is 1. The van der Waals surface area contributed by atoms with E-state index < -0.39 is 5.25 Å². The van der Waals surface area contributed by atoms with Gasteiger partial charge in [-0.1, -0.05) is 42.1 Å². The fourth-order valence-electron chi connectivity index (χ4n) is 4.08. The molecular weight excluding hydrogens is 438 g/mol. The SMILES string of the molecule is CC(Sc1nc(CN2CCOCC2)nc2ccccc12)C(=O)N1CC(=O)Nc2ccccc21. The van der Waals surface area contributed by atoms with Crippen LogP contribution in [-0.4, -0.2) is 64.8 Å². The molecule has 33 heavy (non-hydrogen) atoms. The molecule has 2 aromatic carbocycles. The normalized spacial score (nSPS) is 17.5. The summed E-state index contributed by atoms with van der Waals surface area (Å²) in [5, 5.41) is 4.10. The van der Waals surface area contributed by atoms with E-state index in [9.17, 15) is 9.59 Å². The van der Waals surface area contributed by atoms with Gasteiger partial charge in [0.25, 0.3) is 0 Å². The van der Waals surface area contributed by atoms with E-state index in [1.807, 2.05) is 49.4 Å². The van der Waals surface area contributed by atoms with Crippen LogP contribution in [0.3, 0.4) is 0 Å². The Morgan fingerprint density at radius 2 is 1.88 bits per heavy atom. The number of thioether (sulfide) groups is 1. The van der Waals surface area contributed by atoms with Gasteiger partial charge in [-0.3, -0.25) is 19.4 Å². The molecule has 0 spiro atoms. The summed E-state index contributed by atoms with van der Waals surface area (Å²) >= 11 is 1.41. The molecule has 0 saturated carbocycles. The van der Waals surface area contributed by atoms with Crippen molar-refractivity contribution in [2.75, 3.05) is 43.1 Å². The number of morpholine rings is 1. The van der Waals surface area contributed by atoms with Crippen molar-refractivity contribution < 1.29 is 14.3 Å². The van der Waals surface area contributed by atoms with Crippen LogP contribution in [0.1, 0.15) is 12.7 Å². The lowest BCUT2D eigenvalue weighted by Crippen LogP contribution is -2.45. The van der Waals surface area contributed by atoms with Crippen LogP contribution in [0.15, 0.2) is 53.6 Å². The van der Waals surface area contributed by atoms with Crippen molar-refractivity contribution in [3.63, 3.8) is 0 Å². The van der Waals surface area contributed by atoms with Gasteiger partial charge in [-0.15, -0.1) is 0 Å². The lowest BCUT2D eigenvalue weighted by molar-refractivity contribution is -0.121. The van der Waals surface area contributed by atoms with E-state index in [2.05, 4.69) is 10.2 Å². The number of hydrogen-bond donors (Lipinski definition) is 1. The molecule has 1 atom stereocenters. The van der Waals surface area contributed by atoms with E-state index in [1.165, 1.54) is 11.8 Å². The molecule has 1 N–H and O–H groups in total. The quantitative estimate of drug-likeness (QED) is 0.460. The summed E-state index contributed by atoms with van der Waals surface area (Å²) in [5.74, 6) is 0.416. The number of aromatic nitrogens is 2. The Hall–Kier alpha value is -3.01. The molecule has 2 amide bonds. The van der Waals surface area contributed by atoms with Crippen LogP contribution in [0, 0.1) is 0 Å². The fraction of sp³-hybridized carbons (Fsp3) is 0.333. The minimum atomic E-state index is -0.432. The molecule has 1 aromatic heterocycles. The Morgan fingerprint density at radius 3 is 2.73 bits per heavy atom. The Balaban J connectivity index is 1.41. The zero-order valence-corrected chi connectivity index (χ0v) is 19.2. The summed E-state index contributed by atoms with van der Waals surface area (Å²) in [5.41, 5.74) is 2.23. The van der Waals surface area contributed by atoms with Crippen molar-refractivity contribution in [2.24, 2.45) is 0 Å². The summed E-state index contributed by atoms with van der Waals surface area (Å²) in [6.45, 7) is 5.64. The third-order valence-electron chi connectivity index (χ3n) is 5.76. The molecule has 2 aliphatic rings. The van der Waals surface area contributed by atoms with E-state index in [1.54, 1.807) is 11.0 Å². The van der Waals surface area contributed by atoms with Crippen LogP contribution in [0.2, 0.25) is 0 Å². The van der Waals surface area contributed by atoms with Gasteiger partial charge in [0.05, 0.1) is 41.9 Å². The van der Waals surface area contributed by atoms with Crippen LogP contribution in [0.25, 0.3) is 10.9 Å². The molecule has 0 radical (unpaired) electrons. The third-order valence-corrected chi connectivity index (χ3v) is 6.85. The number of hydrogen-bond acceptors (Lipinski definition) is 7. The van der Waals surface area contributed by atoms with E-state index in [4.69, 9.17) is 14.7 Å². The summed E-state index contributed by atoms with van der Waals surface area (Å²) in [6, 6.07) is 15.2. The number of para-hydroxylation sites is 3. The molecule has 5 rings (SSSR count). The monoisotopic (exact) mass is 463 g/mol. The maximum Gasteiger partial charge on any atom is 0.244 e. The van der Waals surface area contributed by atoms with Gasteiger partial charge in [0.15, 0.2) is 0 Å². The molecular formula is C24H25N5O3S. The minimum Gasteiger partial charge on any atom is -0.379 e. The van der Waals surface area contributed by atoms with Crippen molar-refractivity contribution in [2.45, 2.75) is 23.7 Å². The number of anilines is 2. The predicted octanol–water partition coefficient (Wildman–Crippen LogP) is 2.93. The highest BCUT2D eigenvalue weighted by Crippen LogP contribution is 2.34. The molecule has 9 heteroatoms. The Bertz CT molecular complexity index is 1200. The van der Waals surface area contributed by atoms with Crippen molar-refractivity contribution >= 4 is 45.9 Å². The van der Waals surface area contributed by atoms with Crippen molar-refractivity contribution in [1.82, 2.24) is 14.9 Å². The van der Waals surface area contributed by atoms with Gasteiger partial charge in [0.2, 0.25) is 11.8 Å². The van der Waals surface area contributed by atoms with Crippen LogP contribution < -0.4 is 10.2 Å².